The van der Waals surface area contributed by atoms with Crippen LogP contribution in [0.25, 0.3) is 10.9 Å². The summed E-state index contributed by atoms with van der Waals surface area (Å²) >= 11 is 12.6. The van der Waals surface area contributed by atoms with E-state index < -0.39 is 0 Å². The van der Waals surface area contributed by atoms with Gasteiger partial charge in [-0.2, -0.15) is 5.10 Å². The molecule has 0 amide bonds. The van der Waals surface area contributed by atoms with Gasteiger partial charge < -0.3 is 10.0 Å². The maximum absolute atomic E-state index is 9.57. The molecule has 0 spiro atoms. The van der Waals surface area contributed by atoms with Gasteiger partial charge in [0.2, 0.25) is 0 Å². The number of fused-ring (bicyclic) bond motifs is 1. The van der Waals surface area contributed by atoms with Gasteiger partial charge in [0.25, 0.3) is 0 Å². The van der Waals surface area contributed by atoms with Crippen molar-refractivity contribution >= 4 is 39.8 Å². The number of anilines is 1. The van der Waals surface area contributed by atoms with Gasteiger partial charge in [0.15, 0.2) is 0 Å². The molecule has 33 heavy (non-hydrogen) atoms. The third kappa shape index (κ3) is 4.74. The van der Waals surface area contributed by atoms with Gasteiger partial charge in [-0.25, -0.2) is 0 Å². The lowest BCUT2D eigenvalue weighted by atomic mass is 9.94. The average Bonchev–Trinajstić information content (AvgIpc) is 3.27. The Morgan fingerprint density at radius 3 is 2.64 bits per heavy atom. The molecule has 0 radical (unpaired) electrons. The highest BCUT2D eigenvalue weighted by Gasteiger charge is 2.29. The number of rotatable bonds is 5. The first-order valence-electron chi connectivity index (χ1n) is 12.1. The van der Waals surface area contributed by atoms with Crippen LogP contribution in [0.2, 0.25) is 10.0 Å². The monoisotopic (exact) mass is 486 g/mol. The Kier molecular flexibility index (Phi) is 6.84. The molecule has 5 nitrogen and oxygen atoms in total. The molecular weight excluding hydrogens is 455 g/mol. The van der Waals surface area contributed by atoms with Crippen molar-refractivity contribution in [2.75, 3.05) is 37.7 Å². The van der Waals surface area contributed by atoms with E-state index in [4.69, 9.17) is 23.2 Å². The molecule has 2 aromatic carbocycles. The van der Waals surface area contributed by atoms with Crippen LogP contribution in [0, 0.1) is 5.92 Å². The molecule has 2 fully saturated rings. The fourth-order valence-corrected chi connectivity index (χ4v) is 6.14. The van der Waals surface area contributed by atoms with Crippen molar-refractivity contribution in [3.05, 3.63) is 58.2 Å². The number of aliphatic hydroxyl groups excluding tert-OH is 1. The normalized spacial score (nSPS) is 21.6. The minimum Gasteiger partial charge on any atom is -0.396 e. The molecule has 7 heteroatoms. The zero-order chi connectivity index (χ0) is 22.9. The van der Waals surface area contributed by atoms with Gasteiger partial charge in [-0.1, -0.05) is 29.3 Å². The van der Waals surface area contributed by atoms with Crippen molar-refractivity contribution in [3.63, 3.8) is 0 Å². The summed E-state index contributed by atoms with van der Waals surface area (Å²) in [5.74, 6) is 0.454. The fourth-order valence-electron chi connectivity index (χ4n) is 5.57. The highest BCUT2D eigenvalue weighted by Crippen LogP contribution is 2.33. The van der Waals surface area contributed by atoms with Crippen LogP contribution in [0.3, 0.4) is 0 Å². The van der Waals surface area contributed by atoms with E-state index in [1.165, 1.54) is 37.9 Å². The van der Waals surface area contributed by atoms with E-state index in [-0.39, 0.29) is 6.04 Å². The summed E-state index contributed by atoms with van der Waals surface area (Å²) in [5, 5.41) is 16.7. The van der Waals surface area contributed by atoms with Gasteiger partial charge in [0, 0.05) is 53.4 Å². The van der Waals surface area contributed by atoms with Crippen LogP contribution in [-0.2, 0) is 0 Å². The standard InChI is InChI=1S/C26H32Cl2N4O/c1-18(24-7-5-21(27)13-25(24)28)32-26-14-23(6-4-20(26)15-29-32)30-11-8-22(9-12-30)31-10-2-3-19(16-31)17-33/h4-7,13-15,18-19,22,33H,2-3,8-12,16-17H2,1H3. The van der Waals surface area contributed by atoms with E-state index in [0.29, 0.717) is 28.6 Å². The molecule has 2 unspecified atom stereocenters. The molecule has 3 aromatic rings. The molecule has 2 atom stereocenters. The quantitative estimate of drug-likeness (QED) is 0.507. The lowest BCUT2D eigenvalue weighted by Gasteiger charge is -2.42. The third-order valence-corrected chi connectivity index (χ3v) is 8.08. The van der Waals surface area contributed by atoms with E-state index in [0.717, 1.165) is 36.1 Å². The lowest BCUT2D eigenvalue weighted by Crippen LogP contribution is -2.49. The molecule has 1 N–H and O–H groups in total. The van der Waals surface area contributed by atoms with Crippen molar-refractivity contribution in [3.8, 4) is 0 Å². The molecule has 0 bridgehead atoms. The van der Waals surface area contributed by atoms with E-state index >= 15 is 0 Å². The highest BCUT2D eigenvalue weighted by molar-refractivity contribution is 6.35. The Morgan fingerprint density at radius 2 is 1.88 bits per heavy atom. The molecule has 2 aliphatic rings. The van der Waals surface area contributed by atoms with Crippen LogP contribution in [-0.4, -0.2) is 58.6 Å². The summed E-state index contributed by atoms with van der Waals surface area (Å²) in [5.41, 5.74) is 3.39. The van der Waals surface area contributed by atoms with Crippen molar-refractivity contribution in [1.82, 2.24) is 14.7 Å². The zero-order valence-electron chi connectivity index (χ0n) is 19.1. The molecule has 0 saturated carbocycles. The maximum atomic E-state index is 9.57. The van der Waals surface area contributed by atoms with Crippen molar-refractivity contribution in [2.24, 2.45) is 5.92 Å². The minimum absolute atomic E-state index is 0.00632. The molecule has 1 aromatic heterocycles. The van der Waals surface area contributed by atoms with Crippen molar-refractivity contribution in [2.45, 2.75) is 44.7 Å². The first kappa shape index (κ1) is 23.0. The van der Waals surface area contributed by atoms with Crippen LogP contribution in [0.4, 0.5) is 5.69 Å². The largest absolute Gasteiger partial charge is 0.396 e. The summed E-state index contributed by atoms with van der Waals surface area (Å²) in [6.07, 6.45) is 6.65. The van der Waals surface area contributed by atoms with Crippen molar-refractivity contribution in [1.29, 1.82) is 0 Å². The average molecular weight is 487 g/mol. The number of halogens is 2. The Morgan fingerprint density at radius 1 is 1.06 bits per heavy atom. The number of aliphatic hydroxyl groups is 1. The number of benzene rings is 2. The topological polar surface area (TPSA) is 44.5 Å². The summed E-state index contributed by atoms with van der Waals surface area (Å²) < 4.78 is 2.06. The number of hydrogen-bond donors (Lipinski definition) is 1. The van der Waals surface area contributed by atoms with Crippen LogP contribution in [0.1, 0.15) is 44.2 Å². The van der Waals surface area contributed by atoms with Crippen molar-refractivity contribution < 1.29 is 5.11 Å². The maximum Gasteiger partial charge on any atom is 0.0761 e. The van der Waals surface area contributed by atoms with E-state index in [9.17, 15) is 5.11 Å². The number of piperidine rings is 2. The molecule has 5 rings (SSSR count). The Balaban J connectivity index is 1.32. The predicted octanol–water partition coefficient (Wildman–Crippen LogP) is 5.63. The van der Waals surface area contributed by atoms with Gasteiger partial charge in [0.1, 0.15) is 0 Å². The van der Waals surface area contributed by atoms with E-state index in [2.05, 4.69) is 44.7 Å². The first-order valence-corrected chi connectivity index (χ1v) is 12.8. The van der Waals surface area contributed by atoms with Crippen LogP contribution < -0.4 is 4.90 Å². The third-order valence-electron chi connectivity index (χ3n) is 7.52. The van der Waals surface area contributed by atoms with Gasteiger partial charge in [-0.15, -0.1) is 0 Å². The van der Waals surface area contributed by atoms with E-state index in [1.807, 2.05) is 18.3 Å². The summed E-state index contributed by atoms with van der Waals surface area (Å²) in [7, 11) is 0. The number of nitrogens with zero attached hydrogens (tertiary/aromatic N) is 4. The second kappa shape index (κ2) is 9.83. The van der Waals surface area contributed by atoms with Gasteiger partial charge in [-0.3, -0.25) is 9.58 Å². The molecular formula is C26H32Cl2N4O. The SMILES string of the molecule is CC(c1ccc(Cl)cc1Cl)n1ncc2ccc(N3CCC(N4CCCC(CO)C4)CC3)cc21. The summed E-state index contributed by atoms with van der Waals surface area (Å²) in [6.45, 7) is 6.79. The molecule has 2 aliphatic heterocycles. The van der Waals surface area contributed by atoms with Crippen LogP contribution in [0.15, 0.2) is 42.6 Å². The Labute approximate surface area is 205 Å². The molecule has 0 aliphatic carbocycles. The van der Waals surface area contributed by atoms with Gasteiger partial charge >= 0.3 is 0 Å². The summed E-state index contributed by atoms with van der Waals surface area (Å²) in [6, 6.07) is 13.0. The number of likely N-dealkylation sites (tertiary alicyclic amines) is 1. The zero-order valence-corrected chi connectivity index (χ0v) is 20.6. The second-order valence-corrected chi connectivity index (χ2v) is 10.4. The predicted molar refractivity (Wildman–Crippen MR) is 137 cm³/mol. The van der Waals surface area contributed by atoms with Gasteiger partial charge in [0.05, 0.1) is 17.8 Å². The van der Waals surface area contributed by atoms with Crippen LogP contribution in [0.5, 0.6) is 0 Å². The number of hydrogen-bond acceptors (Lipinski definition) is 4. The Bertz CT molecular complexity index is 1110. The molecule has 2 saturated heterocycles. The number of aromatic nitrogens is 2. The molecule has 176 valence electrons. The summed E-state index contributed by atoms with van der Waals surface area (Å²) in [4.78, 5) is 5.12. The minimum atomic E-state index is 0.00632. The Hall–Kier alpha value is -1.79. The fraction of sp³-hybridized carbons (Fsp3) is 0.500. The second-order valence-electron chi connectivity index (χ2n) is 9.58. The van der Waals surface area contributed by atoms with Crippen LogP contribution >= 0.6 is 23.2 Å². The lowest BCUT2D eigenvalue weighted by molar-refractivity contribution is 0.0778. The van der Waals surface area contributed by atoms with Gasteiger partial charge in [-0.05, 0) is 81.0 Å². The highest BCUT2D eigenvalue weighted by atomic mass is 35.5. The molecule has 3 heterocycles. The smallest absolute Gasteiger partial charge is 0.0761 e. The first-order chi connectivity index (χ1) is 16.0. The van der Waals surface area contributed by atoms with E-state index in [1.54, 1.807) is 6.07 Å².